The summed E-state index contributed by atoms with van der Waals surface area (Å²) in [5.74, 6) is 1.16. The first-order valence-corrected chi connectivity index (χ1v) is 13.1. The van der Waals surface area contributed by atoms with Crippen molar-refractivity contribution < 1.29 is 9.90 Å². The van der Waals surface area contributed by atoms with E-state index in [1.807, 2.05) is 17.0 Å². The molecule has 0 bridgehead atoms. The molecule has 1 aromatic carbocycles. The third-order valence-corrected chi connectivity index (χ3v) is 8.25. The average molecular weight is 528 g/mol. The monoisotopic (exact) mass is 527 g/mol. The van der Waals surface area contributed by atoms with Crippen molar-refractivity contribution in [3.05, 3.63) is 51.9 Å². The summed E-state index contributed by atoms with van der Waals surface area (Å²) < 4.78 is 1.02. The zero-order valence-corrected chi connectivity index (χ0v) is 21.8. The number of hydrogen-bond acceptors (Lipinski definition) is 6. The number of anilines is 1. The van der Waals surface area contributed by atoms with E-state index >= 15 is 0 Å². The lowest BCUT2D eigenvalue weighted by atomic mass is 9.89. The second-order valence-electron chi connectivity index (χ2n) is 10.7. The van der Waals surface area contributed by atoms with E-state index in [4.69, 9.17) is 0 Å². The molecule has 0 saturated carbocycles. The Morgan fingerprint density at radius 1 is 1.18 bits per heavy atom. The fourth-order valence-corrected chi connectivity index (χ4v) is 6.18. The van der Waals surface area contributed by atoms with Crippen LogP contribution in [-0.4, -0.2) is 63.6 Å². The van der Waals surface area contributed by atoms with Crippen molar-refractivity contribution in [3.63, 3.8) is 0 Å². The van der Waals surface area contributed by atoms with Gasteiger partial charge in [-0.05, 0) is 56.7 Å². The van der Waals surface area contributed by atoms with E-state index in [2.05, 4.69) is 69.0 Å². The van der Waals surface area contributed by atoms with Gasteiger partial charge in [-0.2, -0.15) is 0 Å². The van der Waals surface area contributed by atoms with E-state index in [-0.39, 0.29) is 29.3 Å². The molecule has 4 atom stereocenters. The van der Waals surface area contributed by atoms with Crippen molar-refractivity contribution in [2.24, 2.45) is 0 Å². The van der Waals surface area contributed by atoms with Gasteiger partial charge in [-0.3, -0.25) is 4.79 Å². The van der Waals surface area contributed by atoms with Crippen LogP contribution in [0.2, 0.25) is 0 Å². The van der Waals surface area contributed by atoms with Crippen LogP contribution in [0, 0.1) is 0 Å². The van der Waals surface area contributed by atoms with Crippen LogP contribution in [0.5, 0.6) is 0 Å². The molecule has 2 aliphatic heterocycles. The molecule has 182 valence electrons. The highest BCUT2D eigenvalue weighted by atomic mass is 79.9. The highest BCUT2D eigenvalue weighted by molar-refractivity contribution is 9.10. The number of nitrogens with one attached hydrogen (secondary N) is 1. The van der Waals surface area contributed by atoms with Crippen molar-refractivity contribution in [1.82, 2.24) is 20.2 Å². The third-order valence-electron chi connectivity index (χ3n) is 7.72. The number of hydrogen-bond donors (Lipinski definition) is 2. The maximum Gasteiger partial charge on any atom is 0.231 e. The molecule has 2 aromatic rings. The summed E-state index contributed by atoms with van der Waals surface area (Å²) in [6, 6.07) is 8.34. The Balaban J connectivity index is 1.33. The van der Waals surface area contributed by atoms with Gasteiger partial charge in [0.25, 0.3) is 0 Å². The molecule has 1 amide bonds. The number of aliphatic hydroxyl groups excluding tert-OH is 1. The van der Waals surface area contributed by atoms with E-state index in [1.165, 1.54) is 0 Å². The summed E-state index contributed by atoms with van der Waals surface area (Å²) >= 11 is 3.53. The van der Waals surface area contributed by atoms with Crippen LogP contribution < -0.4 is 10.2 Å². The van der Waals surface area contributed by atoms with E-state index in [0.29, 0.717) is 19.5 Å². The molecular formula is C26H34BrN5O2. The fourth-order valence-electron chi connectivity index (χ4n) is 5.92. The van der Waals surface area contributed by atoms with Gasteiger partial charge in [0.2, 0.25) is 5.91 Å². The number of fused-ring (bicyclic) bond motifs is 1. The Morgan fingerprint density at radius 3 is 2.53 bits per heavy atom. The van der Waals surface area contributed by atoms with Crippen LogP contribution in [0.25, 0.3) is 0 Å². The lowest BCUT2D eigenvalue weighted by molar-refractivity contribution is -0.133. The smallest absolute Gasteiger partial charge is 0.231 e. The molecule has 2 N–H and O–H groups in total. The molecule has 2 unspecified atom stereocenters. The Morgan fingerprint density at radius 2 is 1.88 bits per heavy atom. The summed E-state index contributed by atoms with van der Waals surface area (Å²) in [7, 11) is 0. The van der Waals surface area contributed by atoms with Crippen LogP contribution in [0.3, 0.4) is 0 Å². The first kappa shape index (κ1) is 23.7. The Hall–Kier alpha value is -2.03. The van der Waals surface area contributed by atoms with Crippen LogP contribution in [0.15, 0.2) is 35.1 Å². The highest BCUT2D eigenvalue weighted by Gasteiger charge is 2.41. The summed E-state index contributed by atoms with van der Waals surface area (Å²) in [6.45, 7) is 9.35. The third kappa shape index (κ3) is 4.48. The van der Waals surface area contributed by atoms with Crippen molar-refractivity contribution in [2.75, 3.05) is 31.1 Å². The number of halogens is 1. The van der Waals surface area contributed by atoms with Gasteiger partial charge in [0.1, 0.15) is 12.1 Å². The van der Waals surface area contributed by atoms with Gasteiger partial charge in [0.05, 0.1) is 17.7 Å². The molecule has 1 aromatic heterocycles. The summed E-state index contributed by atoms with van der Waals surface area (Å²) in [4.78, 5) is 27.1. The molecule has 34 heavy (non-hydrogen) atoms. The van der Waals surface area contributed by atoms with Gasteiger partial charge in [-0.25, -0.2) is 9.97 Å². The molecule has 8 heteroatoms. The number of carbonyl (C=O) groups is 1. The van der Waals surface area contributed by atoms with Gasteiger partial charge in [-0.1, -0.05) is 35.0 Å². The van der Waals surface area contributed by atoms with Gasteiger partial charge < -0.3 is 20.2 Å². The minimum Gasteiger partial charge on any atom is -0.387 e. The Bertz CT molecular complexity index is 1050. The SMILES string of the molecule is C[C@@H]1C[C@@H](O)c2ncnc(N3CCN(C(=O)C(c4ccc(Br)cc4)C4CCC(C)(C)N4)CC3)c21. The predicted octanol–water partition coefficient (Wildman–Crippen LogP) is 3.74. The van der Waals surface area contributed by atoms with E-state index < -0.39 is 6.10 Å². The normalized spacial score (nSPS) is 27.0. The minimum absolute atomic E-state index is 0.0475. The number of piperazine rings is 1. The quantitative estimate of drug-likeness (QED) is 0.630. The van der Waals surface area contributed by atoms with Crippen LogP contribution >= 0.6 is 15.9 Å². The summed E-state index contributed by atoms with van der Waals surface area (Å²) in [6.07, 6.45) is 3.80. The largest absolute Gasteiger partial charge is 0.387 e. The van der Waals surface area contributed by atoms with Gasteiger partial charge in [0.15, 0.2) is 0 Å². The second-order valence-corrected chi connectivity index (χ2v) is 11.6. The molecule has 5 rings (SSSR count). The molecule has 1 aliphatic carbocycles. The van der Waals surface area contributed by atoms with E-state index in [0.717, 1.165) is 53.0 Å². The molecule has 3 heterocycles. The van der Waals surface area contributed by atoms with Gasteiger partial charge in [0, 0.05) is 47.8 Å². The lowest BCUT2D eigenvalue weighted by Gasteiger charge is -2.39. The number of aromatic nitrogens is 2. The highest BCUT2D eigenvalue weighted by Crippen LogP contribution is 2.43. The number of rotatable bonds is 4. The molecule has 2 saturated heterocycles. The number of amides is 1. The number of carbonyl (C=O) groups excluding carboxylic acids is 1. The van der Waals surface area contributed by atoms with Crippen LogP contribution in [0.4, 0.5) is 5.82 Å². The number of aliphatic hydroxyl groups is 1. The fraction of sp³-hybridized carbons (Fsp3) is 0.577. The molecular weight excluding hydrogens is 494 g/mol. The topological polar surface area (TPSA) is 81.6 Å². The Labute approximate surface area is 210 Å². The average Bonchev–Trinajstić information content (AvgIpc) is 3.33. The van der Waals surface area contributed by atoms with Gasteiger partial charge >= 0.3 is 0 Å². The Kier molecular flexibility index (Phi) is 6.42. The summed E-state index contributed by atoms with van der Waals surface area (Å²) in [5, 5.41) is 14.1. The zero-order chi connectivity index (χ0) is 24.0. The molecule has 0 spiro atoms. The maximum atomic E-state index is 13.9. The van der Waals surface area contributed by atoms with Gasteiger partial charge in [-0.15, -0.1) is 0 Å². The zero-order valence-electron chi connectivity index (χ0n) is 20.2. The first-order chi connectivity index (χ1) is 16.2. The van der Waals surface area contributed by atoms with Crippen LogP contribution in [0.1, 0.15) is 74.8 Å². The number of benzene rings is 1. The molecule has 3 aliphatic rings. The lowest BCUT2D eigenvalue weighted by Crippen LogP contribution is -2.53. The second kappa shape index (κ2) is 9.21. The first-order valence-electron chi connectivity index (χ1n) is 12.3. The van der Waals surface area contributed by atoms with Crippen molar-refractivity contribution in [1.29, 1.82) is 0 Å². The molecule has 2 fully saturated rings. The van der Waals surface area contributed by atoms with Crippen molar-refractivity contribution in [2.45, 2.75) is 69.6 Å². The van der Waals surface area contributed by atoms with E-state index in [1.54, 1.807) is 6.33 Å². The van der Waals surface area contributed by atoms with E-state index in [9.17, 15) is 9.90 Å². The van der Waals surface area contributed by atoms with Crippen LogP contribution in [-0.2, 0) is 4.79 Å². The summed E-state index contributed by atoms with van der Waals surface area (Å²) in [5.41, 5.74) is 2.95. The predicted molar refractivity (Wildman–Crippen MR) is 136 cm³/mol. The standard InChI is InChI=1S/C26H34BrN5O2/c1-16-14-20(33)23-21(16)24(29-15-28-23)31-10-12-32(13-11-31)25(34)22(17-4-6-18(27)7-5-17)19-8-9-26(2,3)30-19/h4-7,15-16,19-20,22,30,33H,8-14H2,1-3H3/t16-,19?,20-,22?/m1/s1. The van der Waals surface area contributed by atoms with Crippen molar-refractivity contribution in [3.8, 4) is 0 Å². The minimum atomic E-state index is -0.510. The molecule has 7 nitrogen and oxygen atoms in total. The number of nitrogens with zero attached hydrogens (tertiary/aromatic N) is 4. The van der Waals surface area contributed by atoms with Crippen molar-refractivity contribution >= 4 is 27.7 Å². The maximum absolute atomic E-state index is 13.9. The molecule has 0 radical (unpaired) electrons.